The van der Waals surface area contributed by atoms with E-state index in [0.717, 1.165) is 5.56 Å². The number of rotatable bonds is 4. The molecule has 1 aromatic heterocycles. The summed E-state index contributed by atoms with van der Waals surface area (Å²) in [5.74, 6) is 0.699. The highest BCUT2D eigenvalue weighted by atomic mass is 35.5. The van der Waals surface area contributed by atoms with Gasteiger partial charge in [0.15, 0.2) is 0 Å². The van der Waals surface area contributed by atoms with Crippen molar-refractivity contribution in [2.45, 2.75) is 6.04 Å². The zero-order valence-corrected chi connectivity index (χ0v) is 9.84. The van der Waals surface area contributed by atoms with Crippen LogP contribution in [0.1, 0.15) is 11.6 Å². The van der Waals surface area contributed by atoms with Gasteiger partial charge in [0.25, 0.3) is 0 Å². The first-order valence-corrected chi connectivity index (χ1v) is 5.52. The summed E-state index contributed by atoms with van der Waals surface area (Å²) in [6, 6.07) is 6.94. The maximum absolute atomic E-state index is 5.94. The van der Waals surface area contributed by atoms with Gasteiger partial charge >= 0.3 is 0 Å². The molecule has 0 saturated carbocycles. The molecule has 1 atom stereocenters. The van der Waals surface area contributed by atoms with Crippen LogP contribution in [-0.2, 0) is 0 Å². The highest BCUT2D eigenvalue weighted by Crippen LogP contribution is 2.18. The van der Waals surface area contributed by atoms with E-state index in [0.29, 0.717) is 17.4 Å². The lowest BCUT2D eigenvalue weighted by Gasteiger charge is -2.12. The van der Waals surface area contributed by atoms with E-state index in [1.165, 1.54) is 6.33 Å². The fourth-order valence-corrected chi connectivity index (χ4v) is 1.52. The first-order chi connectivity index (χ1) is 8.25. The summed E-state index contributed by atoms with van der Waals surface area (Å²) in [6.07, 6.45) is 4.83. The van der Waals surface area contributed by atoms with Crippen LogP contribution >= 0.6 is 11.6 Å². The Labute approximate surface area is 104 Å². The minimum atomic E-state index is -0.254. The third kappa shape index (κ3) is 3.41. The van der Waals surface area contributed by atoms with Crippen LogP contribution in [0.25, 0.3) is 0 Å². The van der Waals surface area contributed by atoms with Gasteiger partial charge in [-0.3, -0.25) is 0 Å². The largest absolute Gasteiger partial charge is 0.492 e. The predicted octanol–water partition coefficient (Wildman–Crippen LogP) is 2.21. The van der Waals surface area contributed by atoms with Crippen LogP contribution in [0, 0.1) is 0 Å². The monoisotopic (exact) mass is 249 g/mol. The lowest BCUT2D eigenvalue weighted by molar-refractivity contribution is 0.290. The van der Waals surface area contributed by atoms with Gasteiger partial charge in [0, 0.05) is 23.0 Å². The Morgan fingerprint density at radius 3 is 2.76 bits per heavy atom. The Hall–Kier alpha value is -1.65. The van der Waals surface area contributed by atoms with E-state index in [1.807, 2.05) is 12.1 Å². The molecule has 0 aliphatic heterocycles. The molecule has 4 nitrogen and oxygen atoms in total. The fraction of sp³-hybridized carbons (Fsp3) is 0.167. The van der Waals surface area contributed by atoms with Crippen LogP contribution in [0.3, 0.4) is 0 Å². The van der Waals surface area contributed by atoms with Crippen molar-refractivity contribution in [2.75, 3.05) is 6.61 Å². The first-order valence-electron chi connectivity index (χ1n) is 5.14. The molecular formula is C12H12ClN3O. The molecule has 2 N–H and O–H groups in total. The molecule has 0 fully saturated rings. The molecule has 17 heavy (non-hydrogen) atoms. The van der Waals surface area contributed by atoms with Gasteiger partial charge in [-0.1, -0.05) is 17.7 Å². The van der Waals surface area contributed by atoms with Crippen molar-refractivity contribution in [1.29, 1.82) is 0 Å². The first kappa shape index (κ1) is 11.8. The molecular weight excluding hydrogens is 238 g/mol. The van der Waals surface area contributed by atoms with Crippen molar-refractivity contribution in [3.05, 3.63) is 53.6 Å². The van der Waals surface area contributed by atoms with Crippen LogP contribution in [0.4, 0.5) is 0 Å². The summed E-state index contributed by atoms with van der Waals surface area (Å²) in [5, 5.41) is 0.638. The summed E-state index contributed by atoms with van der Waals surface area (Å²) in [4.78, 5) is 7.81. The molecule has 1 unspecified atom stereocenters. The Kier molecular flexibility index (Phi) is 3.90. The lowest BCUT2D eigenvalue weighted by Crippen LogP contribution is -2.19. The normalized spacial score (nSPS) is 12.1. The van der Waals surface area contributed by atoms with Crippen LogP contribution in [0.2, 0.25) is 5.02 Å². The second-order valence-electron chi connectivity index (χ2n) is 3.55. The highest BCUT2D eigenvalue weighted by molar-refractivity contribution is 6.30. The number of aromatic nitrogens is 2. The van der Waals surface area contributed by atoms with Crippen LogP contribution in [0.15, 0.2) is 43.0 Å². The van der Waals surface area contributed by atoms with Gasteiger partial charge in [0.1, 0.15) is 18.7 Å². The molecule has 2 aromatic rings. The average molecular weight is 250 g/mol. The summed E-state index contributed by atoms with van der Waals surface area (Å²) in [7, 11) is 0. The van der Waals surface area contributed by atoms with Crippen LogP contribution in [-0.4, -0.2) is 16.6 Å². The SMILES string of the molecule is NC(COc1cccc(Cl)c1)c1cncnc1. The molecule has 0 saturated heterocycles. The van der Waals surface area contributed by atoms with Gasteiger partial charge in [0.2, 0.25) is 0 Å². The third-order valence-electron chi connectivity index (χ3n) is 2.23. The van der Waals surface area contributed by atoms with E-state index < -0.39 is 0 Å². The van der Waals surface area contributed by atoms with E-state index in [4.69, 9.17) is 22.1 Å². The Balaban J connectivity index is 1.95. The fourth-order valence-electron chi connectivity index (χ4n) is 1.34. The van der Waals surface area contributed by atoms with Crippen molar-refractivity contribution in [1.82, 2.24) is 9.97 Å². The highest BCUT2D eigenvalue weighted by Gasteiger charge is 2.07. The van der Waals surface area contributed by atoms with Crippen molar-refractivity contribution in [2.24, 2.45) is 5.73 Å². The summed E-state index contributed by atoms with van der Waals surface area (Å²) < 4.78 is 5.54. The molecule has 0 spiro atoms. The maximum atomic E-state index is 5.94. The van der Waals surface area contributed by atoms with E-state index in [2.05, 4.69) is 9.97 Å². The number of hydrogen-bond donors (Lipinski definition) is 1. The number of nitrogens with two attached hydrogens (primary N) is 1. The molecule has 0 bridgehead atoms. The smallest absolute Gasteiger partial charge is 0.120 e. The summed E-state index contributed by atoms with van der Waals surface area (Å²) >= 11 is 5.85. The van der Waals surface area contributed by atoms with Crippen LogP contribution < -0.4 is 10.5 Å². The number of hydrogen-bond acceptors (Lipinski definition) is 4. The standard InChI is InChI=1S/C12H12ClN3O/c13-10-2-1-3-11(4-10)17-7-12(14)9-5-15-8-16-6-9/h1-6,8,12H,7,14H2. The molecule has 0 aliphatic carbocycles. The number of nitrogens with zero attached hydrogens (tertiary/aromatic N) is 2. The maximum Gasteiger partial charge on any atom is 0.120 e. The third-order valence-corrected chi connectivity index (χ3v) is 2.47. The second-order valence-corrected chi connectivity index (χ2v) is 3.98. The van der Waals surface area contributed by atoms with Gasteiger partial charge in [-0.05, 0) is 18.2 Å². The zero-order valence-electron chi connectivity index (χ0n) is 9.08. The van der Waals surface area contributed by atoms with E-state index in [9.17, 15) is 0 Å². The van der Waals surface area contributed by atoms with Crippen molar-refractivity contribution in [3.63, 3.8) is 0 Å². The minimum absolute atomic E-state index is 0.254. The van der Waals surface area contributed by atoms with Crippen molar-refractivity contribution >= 4 is 11.6 Å². The van der Waals surface area contributed by atoms with Gasteiger partial charge in [-0.2, -0.15) is 0 Å². The molecule has 5 heteroatoms. The van der Waals surface area contributed by atoms with Crippen molar-refractivity contribution < 1.29 is 4.74 Å². The molecule has 88 valence electrons. The molecule has 1 heterocycles. The van der Waals surface area contributed by atoms with E-state index in [1.54, 1.807) is 24.5 Å². The van der Waals surface area contributed by atoms with Crippen molar-refractivity contribution in [3.8, 4) is 5.75 Å². The molecule has 0 radical (unpaired) electrons. The van der Waals surface area contributed by atoms with Gasteiger partial charge in [-0.25, -0.2) is 9.97 Å². The Morgan fingerprint density at radius 2 is 2.06 bits per heavy atom. The Morgan fingerprint density at radius 1 is 1.29 bits per heavy atom. The quantitative estimate of drug-likeness (QED) is 0.903. The van der Waals surface area contributed by atoms with Gasteiger partial charge in [0.05, 0.1) is 6.04 Å². The molecule has 1 aromatic carbocycles. The summed E-state index contributed by atoms with van der Waals surface area (Å²) in [6.45, 7) is 0.355. The zero-order chi connectivity index (χ0) is 12.1. The number of halogens is 1. The molecule has 2 rings (SSSR count). The van der Waals surface area contributed by atoms with Gasteiger partial charge in [-0.15, -0.1) is 0 Å². The lowest BCUT2D eigenvalue weighted by atomic mass is 10.2. The number of benzene rings is 1. The van der Waals surface area contributed by atoms with E-state index >= 15 is 0 Å². The Bertz CT molecular complexity index is 478. The van der Waals surface area contributed by atoms with E-state index in [-0.39, 0.29) is 6.04 Å². The topological polar surface area (TPSA) is 61.0 Å². The van der Waals surface area contributed by atoms with Crippen LogP contribution in [0.5, 0.6) is 5.75 Å². The minimum Gasteiger partial charge on any atom is -0.492 e. The molecule has 0 amide bonds. The molecule has 0 aliphatic rings. The predicted molar refractivity (Wildman–Crippen MR) is 65.9 cm³/mol. The number of ether oxygens (including phenoxy) is 1. The second kappa shape index (κ2) is 5.61. The van der Waals surface area contributed by atoms with Gasteiger partial charge < -0.3 is 10.5 Å². The summed E-state index contributed by atoms with van der Waals surface area (Å²) in [5.41, 5.74) is 6.79. The average Bonchev–Trinajstić information content (AvgIpc) is 2.37.